The quantitative estimate of drug-likeness (QED) is 0.635. The average Bonchev–Trinajstić information content (AvgIpc) is 2.36. The van der Waals surface area contributed by atoms with Gasteiger partial charge in [-0.1, -0.05) is 0 Å². The Morgan fingerprint density at radius 1 is 1.82 bits per heavy atom. The molecule has 1 atom stereocenters. The zero-order valence-electron chi connectivity index (χ0n) is 6.57. The van der Waals surface area contributed by atoms with Crippen LogP contribution < -0.4 is 5.73 Å². The third-order valence-corrected chi connectivity index (χ3v) is 1.59. The average molecular weight is 155 g/mol. The van der Waals surface area contributed by atoms with Crippen LogP contribution in [0.15, 0.2) is 12.4 Å². The van der Waals surface area contributed by atoms with E-state index in [-0.39, 0.29) is 12.6 Å². The summed E-state index contributed by atoms with van der Waals surface area (Å²) in [4.78, 5) is 0. The van der Waals surface area contributed by atoms with Gasteiger partial charge in [0.25, 0.3) is 0 Å². The van der Waals surface area contributed by atoms with E-state index in [4.69, 9.17) is 10.8 Å². The molecule has 0 bridgehead atoms. The summed E-state index contributed by atoms with van der Waals surface area (Å²) in [5.74, 6) is 0. The minimum atomic E-state index is -0.0892. The first kappa shape index (κ1) is 8.23. The maximum Gasteiger partial charge on any atom is 0.0537 e. The third-order valence-electron chi connectivity index (χ3n) is 1.59. The fourth-order valence-electron chi connectivity index (χ4n) is 0.937. The number of nitrogens with two attached hydrogens (primary N) is 1. The van der Waals surface area contributed by atoms with Crippen LogP contribution in [-0.4, -0.2) is 21.5 Å². The lowest BCUT2D eigenvalue weighted by Crippen LogP contribution is -2.10. The van der Waals surface area contributed by atoms with Gasteiger partial charge in [0, 0.05) is 31.5 Å². The van der Waals surface area contributed by atoms with Crippen LogP contribution in [0.25, 0.3) is 0 Å². The van der Waals surface area contributed by atoms with Gasteiger partial charge in [-0.2, -0.15) is 5.10 Å². The van der Waals surface area contributed by atoms with E-state index in [0.29, 0.717) is 6.42 Å². The fourth-order valence-corrected chi connectivity index (χ4v) is 0.937. The van der Waals surface area contributed by atoms with E-state index in [1.54, 1.807) is 10.9 Å². The molecule has 1 heterocycles. The monoisotopic (exact) mass is 155 g/mol. The molecule has 0 aromatic carbocycles. The number of aliphatic hydroxyl groups excluding tert-OH is 1. The van der Waals surface area contributed by atoms with Crippen LogP contribution in [0.2, 0.25) is 0 Å². The Balaban J connectivity index is 2.60. The van der Waals surface area contributed by atoms with Gasteiger partial charge in [0.15, 0.2) is 0 Å². The molecule has 0 aliphatic carbocycles. The number of hydrogen-bond donors (Lipinski definition) is 2. The van der Waals surface area contributed by atoms with Crippen molar-refractivity contribution in [1.29, 1.82) is 0 Å². The van der Waals surface area contributed by atoms with Crippen molar-refractivity contribution < 1.29 is 5.11 Å². The Labute approximate surface area is 65.6 Å². The van der Waals surface area contributed by atoms with Crippen LogP contribution in [0, 0.1) is 0 Å². The summed E-state index contributed by atoms with van der Waals surface area (Å²) in [5.41, 5.74) is 6.68. The Bertz CT molecular complexity index is 221. The lowest BCUT2D eigenvalue weighted by atomic mass is 10.1. The normalized spacial score (nSPS) is 13.4. The Morgan fingerprint density at radius 3 is 3.00 bits per heavy atom. The van der Waals surface area contributed by atoms with Crippen molar-refractivity contribution in [1.82, 2.24) is 9.78 Å². The van der Waals surface area contributed by atoms with E-state index in [9.17, 15) is 0 Å². The first-order chi connectivity index (χ1) is 5.24. The van der Waals surface area contributed by atoms with Gasteiger partial charge in [-0.05, 0) is 6.42 Å². The van der Waals surface area contributed by atoms with Crippen LogP contribution in [-0.2, 0) is 7.05 Å². The van der Waals surface area contributed by atoms with Gasteiger partial charge in [0.2, 0.25) is 0 Å². The zero-order chi connectivity index (χ0) is 8.27. The molecule has 0 saturated carbocycles. The summed E-state index contributed by atoms with van der Waals surface area (Å²) in [6.07, 6.45) is 4.17. The molecule has 0 spiro atoms. The second-order valence-corrected chi connectivity index (χ2v) is 2.57. The molecule has 62 valence electrons. The lowest BCUT2D eigenvalue weighted by molar-refractivity contribution is 0.276. The van der Waals surface area contributed by atoms with Crippen molar-refractivity contribution in [2.24, 2.45) is 12.8 Å². The highest BCUT2D eigenvalue weighted by Gasteiger charge is 2.05. The minimum absolute atomic E-state index is 0.0892. The highest BCUT2D eigenvalue weighted by Crippen LogP contribution is 2.10. The van der Waals surface area contributed by atoms with Crippen molar-refractivity contribution in [3.63, 3.8) is 0 Å². The van der Waals surface area contributed by atoms with Crippen LogP contribution in [0.4, 0.5) is 0 Å². The van der Waals surface area contributed by atoms with Crippen molar-refractivity contribution >= 4 is 0 Å². The summed E-state index contributed by atoms with van der Waals surface area (Å²) in [5, 5.41) is 12.6. The molecule has 0 aliphatic heterocycles. The van der Waals surface area contributed by atoms with Gasteiger partial charge in [-0.25, -0.2) is 0 Å². The maximum absolute atomic E-state index is 8.60. The van der Waals surface area contributed by atoms with Crippen molar-refractivity contribution in [2.45, 2.75) is 12.5 Å². The SMILES string of the molecule is Cn1cc([C@H](N)CCO)cn1. The Kier molecular flexibility index (Phi) is 2.62. The number of aromatic nitrogens is 2. The molecule has 3 N–H and O–H groups in total. The topological polar surface area (TPSA) is 64.1 Å². The minimum Gasteiger partial charge on any atom is -0.396 e. The smallest absolute Gasteiger partial charge is 0.0537 e. The van der Waals surface area contributed by atoms with Gasteiger partial charge in [-0.3, -0.25) is 4.68 Å². The molecule has 4 nitrogen and oxygen atoms in total. The summed E-state index contributed by atoms with van der Waals surface area (Å²) >= 11 is 0. The summed E-state index contributed by atoms with van der Waals surface area (Å²) in [7, 11) is 1.84. The molecular weight excluding hydrogens is 142 g/mol. The fraction of sp³-hybridized carbons (Fsp3) is 0.571. The molecule has 11 heavy (non-hydrogen) atoms. The van der Waals surface area contributed by atoms with Crippen molar-refractivity contribution in [3.05, 3.63) is 18.0 Å². The first-order valence-electron chi connectivity index (χ1n) is 3.59. The van der Waals surface area contributed by atoms with E-state index >= 15 is 0 Å². The number of nitrogens with zero attached hydrogens (tertiary/aromatic N) is 2. The van der Waals surface area contributed by atoms with E-state index in [1.807, 2.05) is 13.2 Å². The van der Waals surface area contributed by atoms with Crippen LogP contribution in [0.3, 0.4) is 0 Å². The first-order valence-corrected chi connectivity index (χ1v) is 3.59. The predicted molar refractivity (Wildman–Crippen MR) is 41.8 cm³/mol. The molecule has 1 rings (SSSR count). The molecule has 0 fully saturated rings. The van der Waals surface area contributed by atoms with Crippen LogP contribution in [0.5, 0.6) is 0 Å². The molecular formula is C7H13N3O. The molecule has 0 aliphatic rings. The standard InChI is InChI=1S/C7H13N3O/c1-10-5-6(4-9-10)7(8)2-3-11/h4-5,7,11H,2-3,8H2,1H3/t7-/m1/s1. The van der Waals surface area contributed by atoms with Gasteiger partial charge in [-0.15, -0.1) is 0 Å². The molecule has 4 heteroatoms. The van der Waals surface area contributed by atoms with Gasteiger partial charge < -0.3 is 10.8 Å². The summed E-state index contributed by atoms with van der Waals surface area (Å²) in [6, 6.07) is -0.0892. The Morgan fingerprint density at radius 2 is 2.55 bits per heavy atom. The lowest BCUT2D eigenvalue weighted by Gasteiger charge is -2.04. The van der Waals surface area contributed by atoms with Crippen LogP contribution >= 0.6 is 0 Å². The summed E-state index contributed by atoms with van der Waals surface area (Å²) < 4.78 is 1.70. The number of aliphatic hydroxyl groups is 1. The molecule has 1 aromatic rings. The van der Waals surface area contributed by atoms with Crippen molar-refractivity contribution in [3.8, 4) is 0 Å². The van der Waals surface area contributed by atoms with E-state index in [1.165, 1.54) is 0 Å². The molecule has 0 amide bonds. The van der Waals surface area contributed by atoms with Gasteiger partial charge in [0.1, 0.15) is 0 Å². The summed E-state index contributed by atoms with van der Waals surface area (Å²) in [6.45, 7) is 0.121. The largest absolute Gasteiger partial charge is 0.396 e. The van der Waals surface area contributed by atoms with E-state index in [2.05, 4.69) is 5.10 Å². The number of rotatable bonds is 3. The Hall–Kier alpha value is -0.870. The number of hydrogen-bond acceptors (Lipinski definition) is 3. The van der Waals surface area contributed by atoms with E-state index < -0.39 is 0 Å². The number of aryl methyl sites for hydroxylation is 1. The molecule has 0 saturated heterocycles. The highest BCUT2D eigenvalue weighted by atomic mass is 16.3. The molecule has 0 unspecified atom stereocenters. The van der Waals surface area contributed by atoms with Gasteiger partial charge in [0.05, 0.1) is 6.20 Å². The van der Waals surface area contributed by atoms with E-state index in [0.717, 1.165) is 5.56 Å². The predicted octanol–water partition coefficient (Wildman–Crippen LogP) is -0.198. The second-order valence-electron chi connectivity index (χ2n) is 2.57. The highest BCUT2D eigenvalue weighted by molar-refractivity contribution is 5.08. The van der Waals surface area contributed by atoms with Crippen LogP contribution in [0.1, 0.15) is 18.0 Å². The zero-order valence-corrected chi connectivity index (χ0v) is 6.57. The molecule has 1 aromatic heterocycles. The maximum atomic E-state index is 8.60. The van der Waals surface area contributed by atoms with Gasteiger partial charge >= 0.3 is 0 Å². The third kappa shape index (κ3) is 2.03. The second kappa shape index (κ2) is 3.50. The molecule has 0 radical (unpaired) electrons. The van der Waals surface area contributed by atoms with Crippen molar-refractivity contribution in [2.75, 3.05) is 6.61 Å².